The lowest BCUT2D eigenvalue weighted by Gasteiger charge is -2.27. The van der Waals surface area contributed by atoms with Crippen molar-refractivity contribution in [2.24, 2.45) is 5.92 Å². The number of alkyl carbamates (subject to hydrolysis) is 1. The lowest BCUT2D eigenvalue weighted by Crippen LogP contribution is -2.55. The molecule has 2 amide bonds. The van der Waals surface area contributed by atoms with E-state index < -0.39 is 42.1 Å². The Labute approximate surface area is 204 Å². The van der Waals surface area contributed by atoms with Gasteiger partial charge in [0.1, 0.15) is 12.6 Å². The number of hydrogen-bond donors (Lipinski definition) is 3. The van der Waals surface area contributed by atoms with Crippen LogP contribution in [0.25, 0.3) is 11.1 Å². The summed E-state index contributed by atoms with van der Waals surface area (Å²) in [6.07, 6.45) is 2.89. The van der Waals surface area contributed by atoms with Gasteiger partial charge in [0.05, 0.1) is 12.0 Å². The van der Waals surface area contributed by atoms with E-state index in [1.165, 1.54) is 7.11 Å². The molecule has 4 rings (SSSR count). The van der Waals surface area contributed by atoms with Gasteiger partial charge in [-0.2, -0.15) is 0 Å². The van der Waals surface area contributed by atoms with Gasteiger partial charge >= 0.3 is 12.1 Å². The first-order valence-corrected chi connectivity index (χ1v) is 11.7. The second-order valence-corrected chi connectivity index (χ2v) is 8.94. The highest BCUT2D eigenvalue weighted by Gasteiger charge is 2.33. The van der Waals surface area contributed by atoms with E-state index in [0.717, 1.165) is 22.3 Å². The van der Waals surface area contributed by atoms with Crippen LogP contribution in [-0.4, -0.2) is 55.0 Å². The Balaban J connectivity index is 1.40. The van der Waals surface area contributed by atoms with E-state index in [-0.39, 0.29) is 18.9 Å². The van der Waals surface area contributed by atoms with Crippen LogP contribution < -0.4 is 10.6 Å². The highest BCUT2D eigenvalue weighted by atomic mass is 16.5. The van der Waals surface area contributed by atoms with Crippen LogP contribution in [-0.2, 0) is 19.1 Å². The van der Waals surface area contributed by atoms with Gasteiger partial charge in [-0.1, -0.05) is 60.7 Å². The quantitative estimate of drug-likeness (QED) is 0.501. The minimum Gasteiger partial charge on any atom is -0.481 e. The number of carboxylic acids is 1. The average Bonchev–Trinajstić information content (AvgIpc) is 3.19. The van der Waals surface area contributed by atoms with Gasteiger partial charge in [-0.25, -0.2) is 4.79 Å². The Hall–Kier alpha value is -3.65. The molecule has 35 heavy (non-hydrogen) atoms. The summed E-state index contributed by atoms with van der Waals surface area (Å²) >= 11 is 0. The number of benzene rings is 2. The summed E-state index contributed by atoms with van der Waals surface area (Å²) in [5.41, 5.74) is 4.45. The summed E-state index contributed by atoms with van der Waals surface area (Å²) in [6, 6.07) is 14.6. The molecular weight excluding hydrogens is 448 g/mol. The molecular formula is C27H30N2O6. The summed E-state index contributed by atoms with van der Waals surface area (Å²) in [5, 5.41) is 14.7. The SMILES string of the molecule is COC(C)C(NC(=O)OCC1c2ccccc2-c2ccccc21)C(=O)NC1C=CCC(C(=O)O)C1. The third-order valence-corrected chi connectivity index (χ3v) is 6.75. The number of carbonyl (C=O) groups is 3. The Kier molecular flexibility index (Phi) is 7.51. The van der Waals surface area contributed by atoms with Crippen LogP contribution in [0.15, 0.2) is 60.7 Å². The summed E-state index contributed by atoms with van der Waals surface area (Å²) in [6.45, 7) is 1.80. The van der Waals surface area contributed by atoms with E-state index in [1.807, 2.05) is 36.4 Å². The molecule has 0 fully saturated rings. The number of fused-ring (bicyclic) bond motifs is 3. The number of ether oxygens (including phenoxy) is 2. The van der Waals surface area contributed by atoms with Gasteiger partial charge in [0.25, 0.3) is 0 Å². The minimum absolute atomic E-state index is 0.0967. The lowest BCUT2D eigenvalue weighted by molar-refractivity contribution is -0.142. The smallest absolute Gasteiger partial charge is 0.407 e. The molecule has 0 aliphatic heterocycles. The summed E-state index contributed by atoms with van der Waals surface area (Å²) < 4.78 is 10.9. The molecule has 3 N–H and O–H groups in total. The van der Waals surface area contributed by atoms with Gasteiger partial charge in [0, 0.05) is 19.1 Å². The maximum Gasteiger partial charge on any atom is 0.407 e. The second kappa shape index (κ2) is 10.7. The summed E-state index contributed by atoms with van der Waals surface area (Å²) in [7, 11) is 1.45. The Morgan fingerprint density at radius 2 is 1.69 bits per heavy atom. The van der Waals surface area contributed by atoms with Gasteiger partial charge in [-0.3, -0.25) is 9.59 Å². The molecule has 8 heteroatoms. The molecule has 0 saturated carbocycles. The highest BCUT2D eigenvalue weighted by Crippen LogP contribution is 2.44. The molecule has 0 saturated heterocycles. The number of allylic oxidation sites excluding steroid dienone is 1. The van der Waals surface area contributed by atoms with Crippen molar-refractivity contribution < 1.29 is 29.0 Å². The number of hydrogen-bond acceptors (Lipinski definition) is 5. The van der Waals surface area contributed by atoms with Crippen LogP contribution in [0.1, 0.15) is 36.8 Å². The molecule has 4 unspecified atom stereocenters. The molecule has 8 nitrogen and oxygen atoms in total. The van der Waals surface area contributed by atoms with E-state index >= 15 is 0 Å². The maximum absolute atomic E-state index is 13.0. The third kappa shape index (κ3) is 5.38. The molecule has 0 radical (unpaired) electrons. The zero-order valence-corrected chi connectivity index (χ0v) is 19.8. The first-order valence-electron chi connectivity index (χ1n) is 11.7. The number of nitrogens with one attached hydrogen (secondary N) is 2. The van der Waals surface area contributed by atoms with E-state index in [0.29, 0.717) is 6.42 Å². The number of amides is 2. The fourth-order valence-corrected chi connectivity index (χ4v) is 4.77. The van der Waals surface area contributed by atoms with E-state index in [2.05, 4.69) is 22.8 Å². The standard InChI is InChI=1S/C27H30N2O6/c1-16(34-2)24(25(30)28-18-9-7-8-17(14-18)26(31)32)29-27(33)35-15-23-21-12-5-3-10-19(21)20-11-4-6-13-22(20)23/h3-7,9-13,16-18,23-24H,8,14-15H2,1-2H3,(H,28,30)(H,29,33)(H,31,32). The minimum atomic E-state index is -1.01. The van der Waals surface area contributed by atoms with Crippen molar-refractivity contribution in [3.63, 3.8) is 0 Å². The number of rotatable bonds is 8. The number of aliphatic carboxylic acids is 1. The number of methoxy groups -OCH3 is 1. The van der Waals surface area contributed by atoms with Gasteiger partial charge in [0.2, 0.25) is 5.91 Å². The van der Waals surface area contributed by atoms with Gasteiger partial charge < -0.3 is 25.2 Å². The van der Waals surface area contributed by atoms with E-state index in [9.17, 15) is 19.5 Å². The lowest BCUT2D eigenvalue weighted by atomic mass is 9.91. The molecule has 4 atom stereocenters. The van der Waals surface area contributed by atoms with Crippen molar-refractivity contribution in [1.29, 1.82) is 0 Å². The Bertz CT molecular complexity index is 1080. The normalized spacial score (nSPS) is 20.3. The Morgan fingerprint density at radius 3 is 2.29 bits per heavy atom. The van der Waals surface area contributed by atoms with Crippen LogP contribution in [0, 0.1) is 5.92 Å². The van der Waals surface area contributed by atoms with Crippen LogP contribution in [0.2, 0.25) is 0 Å². The molecule has 0 spiro atoms. The maximum atomic E-state index is 13.0. The van der Waals surface area contributed by atoms with Crippen LogP contribution >= 0.6 is 0 Å². The summed E-state index contributed by atoms with van der Waals surface area (Å²) in [5.74, 6) is -2.01. The van der Waals surface area contributed by atoms with Crippen LogP contribution in [0.4, 0.5) is 4.79 Å². The molecule has 2 aliphatic rings. The van der Waals surface area contributed by atoms with Crippen molar-refractivity contribution in [3.05, 3.63) is 71.8 Å². The fourth-order valence-electron chi connectivity index (χ4n) is 4.77. The molecule has 2 aliphatic carbocycles. The van der Waals surface area contributed by atoms with Crippen LogP contribution in [0.5, 0.6) is 0 Å². The number of carboxylic acid groups (broad SMARTS) is 1. The largest absolute Gasteiger partial charge is 0.481 e. The molecule has 0 bridgehead atoms. The highest BCUT2D eigenvalue weighted by molar-refractivity contribution is 5.87. The molecule has 0 aromatic heterocycles. The predicted octanol–water partition coefficient (Wildman–Crippen LogP) is 3.46. The molecule has 2 aromatic carbocycles. The first kappa shape index (κ1) is 24.5. The molecule has 184 valence electrons. The third-order valence-electron chi connectivity index (χ3n) is 6.75. The van der Waals surface area contributed by atoms with Crippen molar-refractivity contribution in [3.8, 4) is 11.1 Å². The monoisotopic (exact) mass is 478 g/mol. The zero-order valence-electron chi connectivity index (χ0n) is 19.8. The average molecular weight is 479 g/mol. The predicted molar refractivity (Wildman–Crippen MR) is 130 cm³/mol. The van der Waals surface area contributed by atoms with Crippen molar-refractivity contribution in [2.45, 2.75) is 43.9 Å². The van der Waals surface area contributed by atoms with Gasteiger partial charge in [-0.15, -0.1) is 0 Å². The fraction of sp³-hybridized carbons (Fsp3) is 0.370. The van der Waals surface area contributed by atoms with Crippen molar-refractivity contribution >= 4 is 18.0 Å². The number of carbonyl (C=O) groups excluding carboxylic acids is 2. The molecule has 0 heterocycles. The van der Waals surface area contributed by atoms with Gasteiger partial charge in [0.15, 0.2) is 0 Å². The molecule has 2 aromatic rings. The van der Waals surface area contributed by atoms with E-state index in [1.54, 1.807) is 19.1 Å². The van der Waals surface area contributed by atoms with Gasteiger partial charge in [-0.05, 0) is 42.0 Å². The Morgan fingerprint density at radius 1 is 1.06 bits per heavy atom. The van der Waals surface area contributed by atoms with E-state index in [4.69, 9.17) is 9.47 Å². The topological polar surface area (TPSA) is 114 Å². The van der Waals surface area contributed by atoms with Crippen LogP contribution in [0.3, 0.4) is 0 Å². The van der Waals surface area contributed by atoms with Crippen molar-refractivity contribution in [1.82, 2.24) is 10.6 Å². The summed E-state index contributed by atoms with van der Waals surface area (Å²) in [4.78, 5) is 37.0. The first-order chi connectivity index (χ1) is 16.9. The second-order valence-electron chi connectivity index (χ2n) is 8.94. The van der Waals surface area contributed by atoms with Crippen molar-refractivity contribution in [2.75, 3.05) is 13.7 Å². The zero-order chi connectivity index (χ0) is 24.9.